The lowest BCUT2D eigenvalue weighted by molar-refractivity contribution is -0.130. The van der Waals surface area contributed by atoms with Gasteiger partial charge in [-0.05, 0) is 38.1 Å². The van der Waals surface area contributed by atoms with Crippen LogP contribution in [0.15, 0.2) is 24.3 Å². The first-order valence-corrected chi connectivity index (χ1v) is 7.00. The zero-order valence-corrected chi connectivity index (χ0v) is 11.8. The predicted octanol–water partition coefficient (Wildman–Crippen LogP) is 1.66. The summed E-state index contributed by atoms with van der Waals surface area (Å²) in [7, 11) is 1.92. The number of amides is 1. The third kappa shape index (κ3) is 3.93. The maximum absolute atomic E-state index is 13.3. The highest BCUT2D eigenvalue weighted by molar-refractivity contribution is 5.76. The largest absolute Gasteiger partial charge is 0.490 e. The summed E-state index contributed by atoms with van der Waals surface area (Å²) in [5.74, 6) is 0.432. The van der Waals surface area contributed by atoms with Gasteiger partial charge in [-0.25, -0.2) is 4.39 Å². The van der Waals surface area contributed by atoms with E-state index in [0.717, 1.165) is 26.1 Å². The summed E-state index contributed by atoms with van der Waals surface area (Å²) >= 11 is 0. The fraction of sp³-hybridized carbons (Fsp3) is 0.533. The number of carbonyl (C=O) groups excluding carboxylic acids is 1. The number of likely N-dealkylation sites (tertiary alicyclic amines) is 1. The molecular weight excluding hydrogens is 259 g/mol. The zero-order chi connectivity index (χ0) is 14.4. The molecule has 1 saturated heterocycles. The minimum atomic E-state index is -0.393. The van der Waals surface area contributed by atoms with Crippen molar-refractivity contribution in [1.82, 2.24) is 10.2 Å². The average molecular weight is 280 g/mol. The molecule has 1 aromatic carbocycles. The van der Waals surface area contributed by atoms with Crippen molar-refractivity contribution in [1.29, 1.82) is 0 Å². The highest BCUT2D eigenvalue weighted by Gasteiger charge is 2.25. The number of nitrogens with one attached hydrogen (secondary N) is 1. The van der Waals surface area contributed by atoms with E-state index in [1.54, 1.807) is 18.2 Å². The Morgan fingerprint density at radius 2 is 2.30 bits per heavy atom. The van der Waals surface area contributed by atoms with Gasteiger partial charge in [-0.15, -0.1) is 0 Å². The third-order valence-electron chi connectivity index (χ3n) is 3.54. The van der Waals surface area contributed by atoms with Crippen LogP contribution in [-0.2, 0) is 4.79 Å². The highest BCUT2D eigenvalue weighted by atomic mass is 19.1. The Kier molecular flexibility index (Phi) is 5.35. The quantitative estimate of drug-likeness (QED) is 0.861. The number of rotatable bonds is 6. The van der Waals surface area contributed by atoms with E-state index in [-0.39, 0.29) is 18.3 Å². The van der Waals surface area contributed by atoms with Crippen LogP contribution in [0.5, 0.6) is 5.75 Å². The van der Waals surface area contributed by atoms with Crippen molar-refractivity contribution >= 4 is 5.91 Å². The molecule has 0 aromatic heterocycles. The van der Waals surface area contributed by atoms with Gasteiger partial charge in [0, 0.05) is 13.1 Å². The molecule has 1 amide bonds. The second-order valence-corrected chi connectivity index (χ2v) is 5.08. The van der Waals surface area contributed by atoms with Gasteiger partial charge in [-0.3, -0.25) is 4.79 Å². The van der Waals surface area contributed by atoms with Gasteiger partial charge in [0.05, 0.1) is 13.0 Å². The molecule has 0 aliphatic carbocycles. The Labute approximate surface area is 118 Å². The second kappa shape index (κ2) is 7.24. The molecule has 0 saturated carbocycles. The molecule has 1 aromatic rings. The van der Waals surface area contributed by atoms with Gasteiger partial charge in [-0.1, -0.05) is 12.1 Å². The van der Waals surface area contributed by atoms with E-state index < -0.39 is 5.82 Å². The first-order valence-electron chi connectivity index (χ1n) is 7.00. The maximum Gasteiger partial charge on any atom is 0.226 e. The molecule has 0 unspecified atom stereocenters. The minimum Gasteiger partial charge on any atom is -0.490 e. The fourth-order valence-electron chi connectivity index (χ4n) is 2.48. The molecule has 0 radical (unpaired) electrons. The zero-order valence-electron chi connectivity index (χ0n) is 11.8. The average Bonchev–Trinajstić information content (AvgIpc) is 2.90. The van der Waals surface area contributed by atoms with E-state index in [1.807, 2.05) is 11.9 Å². The summed E-state index contributed by atoms with van der Waals surface area (Å²) in [6, 6.07) is 6.24. The summed E-state index contributed by atoms with van der Waals surface area (Å²) in [5.41, 5.74) is 0. The van der Waals surface area contributed by atoms with Crippen molar-refractivity contribution in [3.8, 4) is 5.75 Å². The molecule has 0 bridgehead atoms. The van der Waals surface area contributed by atoms with Crippen LogP contribution < -0.4 is 10.1 Å². The normalized spacial score (nSPS) is 18.3. The monoisotopic (exact) mass is 280 g/mol. The molecule has 20 heavy (non-hydrogen) atoms. The number of nitrogens with zero attached hydrogens (tertiary/aromatic N) is 1. The molecule has 2 rings (SSSR count). The van der Waals surface area contributed by atoms with Crippen molar-refractivity contribution in [2.75, 3.05) is 33.3 Å². The minimum absolute atomic E-state index is 0.0833. The van der Waals surface area contributed by atoms with Crippen LogP contribution in [0.25, 0.3) is 0 Å². The van der Waals surface area contributed by atoms with Crippen molar-refractivity contribution in [3.63, 3.8) is 0 Å². The number of carbonyl (C=O) groups is 1. The van der Waals surface area contributed by atoms with Gasteiger partial charge >= 0.3 is 0 Å². The second-order valence-electron chi connectivity index (χ2n) is 5.08. The Balaban J connectivity index is 1.72. The lowest BCUT2D eigenvalue weighted by Gasteiger charge is -2.16. The third-order valence-corrected chi connectivity index (χ3v) is 3.54. The Bertz CT molecular complexity index is 453. The maximum atomic E-state index is 13.3. The molecule has 1 heterocycles. The van der Waals surface area contributed by atoms with Crippen molar-refractivity contribution < 1.29 is 13.9 Å². The first kappa shape index (κ1) is 14.8. The molecule has 1 N–H and O–H groups in total. The van der Waals surface area contributed by atoms with Gasteiger partial charge in [0.25, 0.3) is 0 Å². The summed E-state index contributed by atoms with van der Waals surface area (Å²) in [6.45, 7) is 2.77. The predicted molar refractivity (Wildman–Crippen MR) is 75.1 cm³/mol. The molecular formula is C15H21FN2O2. The molecule has 4 nitrogen and oxygen atoms in total. The van der Waals surface area contributed by atoms with E-state index in [2.05, 4.69) is 5.32 Å². The van der Waals surface area contributed by atoms with Crippen LogP contribution in [0.3, 0.4) is 0 Å². The lowest BCUT2D eigenvalue weighted by Crippen LogP contribution is -2.31. The van der Waals surface area contributed by atoms with Gasteiger partial charge in [0.1, 0.15) is 0 Å². The van der Waals surface area contributed by atoms with Crippen molar-refractivity contribution in [2.45, 2.75) is 12.8 Å². The van der Waals surface area contributed by atoms with Crippen LogP contribution in [0.2, 0.25) is 0 Å². The number of hydrogen-bond donors (Lipinski definition) is 1. The summed E-state index contributed by atoms with van der Waals surface area (Å²) in [4.78, 5) is 13.9. The number of para-hydroxylation sites is 1. The van der Waals surface area contributed by atoms with E-state index in [9.17, 15) is 9.18 Å². The Morgan fingerprint density at radius 1 is 1.50 bits per heavy atom. The van der Waals surface area contributed by atoms with Crippen LogP contribution in [0.1, 0.15) is 12.8 Å². The standard InChI is InChI=1S/C15H21FN2O2/c1-17-10-12-6-8-18(11-12)15(19)7-9-20-14-5-3-2-4-13(14)16/h2-5,12,17H,6-11H2,1H3/t12-/m1/s1. The van der Waals surface area contributed by atoms with Crippen molar-refractivity contribution in [3.05, 3.63) is 30.1 Å². The van der Waals surface area contributed by atoms with Crippen LogP contribution >= 0.6 is 0 Å². The lowest BCUT2D eigenvalue weighted by atomic mass is 10.1. The van der Waals surface area contributed by atoms with Gasteiger partial charge in [0.2, 0.25) is 5.91 Å². The molecule has 110 valence electrons. The number of ether oxygens (including phenoxy) is 1. The smallest absolute Gasteiger partial charge is 0.226 e. The van der Waals surface area contributed by atoms with Crippen LogP contribution in [0, 0.1) is 11.7 Å². The summed E-state index contributed by atoms with van der Waals surface area (Å²) in [5, 5.41) is 3.14. The Morgan fingerprint density at radius 3 is 3.05 bits per heavy atom. The van der Waals surface area contributed by atoms with Crippen LogP contribution in [-0.4, -0.2) is 44.1 Å². The van der Waals surface area contributed by atoms with E-state index in [4.69, 9.17) is 4.74 Å². The van der Waals surface area contributed by atoms with E-state index in [0.29, 0.717) is 12.3 Å². The fourth-order valence-corrected chi connectivity index (χ4v) is 2.48. The van der Waals surface area contributed by atoms with Crippen LogP contribution in [0.4, 0.5) is 4.39 Å². The SMILES string of the molecule is CNC[C@H]1CCN(C(=O)CCOc2ccccc2F)C1. The summed E-state index contributed by atoms with van der Waals surface area (Å²) in [6.07, 6.45) is 1.33. The first-order chi connectivity index (χ1) is 9.70. The molecule has 1 aliphatic rings. The topological polar surface area (TPSA) is 41.6 Å². The number of benzene rings is 1. The highest BCUT2D eigenvalue weighted by Crippen LogP contribution is 2.18. The molecule has 1 aliphatic heterocycles. The van der Waals surface area contributed by atoms with Gasteiger partial charge in [0.15, 0.2) is 11.6 Å². The van der Waals surface area contributed by atoms with Crippen molar-refractivity contribution in [2.24, 2.45) is 5.92 Å². The van der Waals surface area contributed by atoms with Gasteiger partial charge in [-0.2, -0.15) is 0 Å². The van der Waals surface area contributed by atoms with E-state index in [1.165, 1.54) is 6.07 Å². The Hall–Kier alpha value is -1.62. The molecule has 5 heteroatoms. The number of halogens is 1. The molecule has 0 spiro atoms. The number of hydrogen-bond acceptors (Lipinski definition) is 3. The summed E-state index contributed by atoms with van der Waals surface area (Å²) < 4.78 is 18.6. The van der Waals surface area contributed by atoms with E-state index >= 15 is 0 Å². The molecule has 1 fully saturated rings. The molecule has 1 atom stereocenters. The van der Waals surface area contributed by atoms with Gasteiger partial charge < -0.3 is 15.0 Å².